The highest BCUT2D eigenvalue weighted by Gasteiger charge is 2.23. The standard InChI is InChI=1S/C14H19NO3/c1-10-5-7-12(8-6-10)14(17)11(2)15(3)13(16)9-18-4/h5-8,11H,9H2,1-4H3. The third-order valence-electron chi connectivity index (χ3n) is 2.96. The molecular weight excluding hydrogens is 230 g/mol. The average Bonchev–Trinajstić information content (AvgIpc) is 2.37. The number of amides is 1. The molecule has 0 aliphatic carbocycles. The summed E-state index contributed by atoms with van der Waals surface area (Å²) < 4.78 is 4.77. The van der Waals surface area contributed by atoms with Gasteiger partial charge in [0, 0.05) is 19.7 Å². The Morgan fingerprint density at radius 1 is 1.28 bits per heavy atom. The van der Waals surface area contributed by atoms with Crippen molar-refractivity contribution in [3.8, 4) is 0 Å². The molecule has 0 aromatic heterocycles. The van der Waals surface area contributed by atoms with Crippen LogP contribution in [0, 0.1) is 6.92 Å². The van der Waals surface area contributed by atoms with E-state index >= 15 is 0 Å². The first-order chi connectivity index (χ1) is 8.47. The number of hydrogen-bond acceptors (Lipinski definition) is 3. The molecule has 0 spiro atoms. The number of nitrogens with zero attached hydrogens (tertiary/aromatic N) is 1. The van der Waals surface area contributed by atoms with Crippen LogP contribution in [0.15, 0.2) is 24.3 Å². The van der Waals surface area contributed by atoms with Gasteiger partial charge in [0.15, 0.2) is 5.78 Å². The van der Waals surface area contributed by atoms with Crippen molar-refractivity contribution in [2.75, 3.05) is 20.8 Å². The van der Waals surface area contributed by atoms with E-state index in [1.165, 1.54) is 12.0 Å². The Labute approximate surface area is 108 Å². The summed E-state index contributed by atoms with van der Waals surface area (Å²) in [5.41, 5.74) is 1.72. The molecule has 1 unspecified atom stereocenters. The van der Waals surface area contributed by atoms with Crippen molar-refractivity contribution in [1.82, 2.24) is 4.90 Å². The molecule has 1 aromatic rings. The first-order valence-corrected chi connectivity index (χ1v) is 5.83. The molecule has 0 saturated heterocycles. The maximum Gasteiger partial charge on any atom is 0.248 e. The van der Waals surface area contributed by atoms with E-state index in [4.69, 9.17) is 4.74 Å². The molecule has 0 heterocycles. The van der Waals surface area contributed by atoms with Gasteiger partial charge in [0.1, 0.15) is 6.61 Å². The Bertz CT molecular complexity index is 425. The van der Waals surface area contributed by atoms with Crippen LogP contribution in [0.25, 0.3) is 0 Å². The zero-order chi connectivity index (χ0) is 13.7. The second kappa shape index (κ2) is 6.31. The van der Waals surface area contributed by atoms with Crippen LogP contribution in [0.4, 0.5) is 0 Å². The minimum atomic E-state index is -0.490. The molecular formula is C14H19NO3. The van der Waals surface area contributed by atoms with Crippen molar-refractivity contribution in [2.24, 2.45) is 0 Å². The van der Waals surface area contributed by atoms with Crippen molar-refractivity contribution in [1.29, 1.82) is 0 Å². The molecule has 98 valence electrons. The summed E-state index contributed by atoms with van der Waals surface area (Å²) in [5, 5.41) is 0. The van der Waals surface area contributed by atoms with Crippen LogP contribution < -0.4 is 0 Å². The lowest BCUT2D eigenvalue weighted by atomic mass is 10.0. The summed E-state index contributed by atoms with van der Waals surface area (Å²) >= 11 is 0. The molecule has 18 heavy (non-hydrogen) atoms. The Morgan fingerprint density at radius 2 is 1.83 bits per heavy atom. The number of ketones is 1. The zero-order valence-electron chi connectivity index (χ0n) is 11.3. The largest absolute Gasteiger partial charge is 0.375 e. The summed E-state index contributed by atoms with van der Waals surface area (Å²) in [6.07, 6.45) is 0. The van der Waals surface area contributed by atoms with Gasteiger partial charge in [0.05, 0.1) is 6.04 Å². The molecule has 0 radical (unpaired) electrons. The van der Waals surface area contributed by atoms with Gasteiger partial charge in [-0.2, -0.15) is 0 Å². The van der Waals surface area contributed by atoms with Gasteiger partial charge in [0.2, 0.25) is 5.91 Å². The predicted molar refractivity (Wildman–Crippen MR) is 69.6 cm³/mol. The summed E-state index contributed by atoms with van der Waals surface area (Å²) in [4.78, 5) is 25.2. The van der Waals surface area contributed by atoms with Crippen LogP contribution in [-0.4, -0.2) is 43.4 Å². The molecule has 0 fully saturated rings. The van der Waals surface area contributed by atoms with E-state index < -0.39 is 6.04 Å². The number of Topliss-reactive ketones (excluding diaryl/α,β-unsaturated/α-hetero) is 1. The van der Waals surface area contributed by atoms with Crippen molar-refractivity contribution < 1.29 is 14.3 Å². The molecule has 4 heteroatoms. The number of likely N-dealkylation sites (N-methyl/N-ethyl adjacent to an activating group) is 1. The van der Waals surface area contributed by atoms with E-state index in [0.29, 0.717) is 5.56 Å². The van der Waals surface area contributed by atoms with Crippen molar-refractivity contribution in [2.45, 2.75) is 19.9 Å². The summed E-state index contributed by atoms with van der Waals surface area (Å²) in [6, 6.07) is 6.84. The molecule has 0 bridgehead atoms. The van der Waals surface area contributed by atoms with Crippen LogP contribution in [0.2, 0.25) is 0 Å². The molecule has 0 N–H and O–H groups in total. The first-order valence-electron chi connectivity index (χ1n) is 5.83. The number of carbonyl (C=O) groups excluding carboxylic acids is 2. The normalized spacial score (nSPS) is 12.0. The highest BCUT2D eigenvalue weighted by Crippen LogP contribution is 2.09. The average molecular weight is 249 g/mol. The third kappa shape index (κ3) is 3.40. The lowest BCUT2D eigenvalue weighted by Crippen LogP contribution is -2.42. The van der Waals surface area contributed by atoms with Crippen LogP contribution >= 0.6 is 0 Å². The van der Waals surface area contributed by atoms with Crippen LogP contribution in [-0.2, 0) is 9.53 Å². The van der Waals surface area contributed by atoms with Gasteiger partial charge in [-0.05, 0) is 13.8 Å². The number of ether oxygens (including phenoxy) is 1. The minimum Gasteiger partial charge on any atom is -0.375 e. The number of aryl methyl sites for hydroxylation is 1. The highest BCUT2D eigenvalue weighted by atomic mass is 16.5. The molecule has 0 saturated carbocycles. The lowest BCUT2D eigenvalue weighted by molar-refractivity contribution is -0.134. The van der Waals surface area contributed by atoms with Crippen LogP contribution in [0.1, 0.15) is 22.8 Å². The molecule has 1 aromatic carbocycles. The molecule has 0 aliphatic heterocycles. The van der Waals surface area contributed by atoms with Crippen molar-refractivity contribution in [3.05, 3.63) is 35.4 Å². The predicted octanol–water partition coefficient (Wildman–Crippen LogP) is 1.67. The van der Waals surface area contributed by atoms with Gasteiger partial charge >= 0.3 is 0 Å². The second-order valence-electron chi connectivity index (χ2n) is 4.34. The van der Waals surface area contributed by atoms with Gasteiger partial charge in [-0.1, -0.05) is 29.8 Å². The monoisotopic (exact) mass is 249 g/mol. The summed E-state index contributed by atoms with van der Waals surface area (Å²) in [6.45, 7) is 3.67. The quantitative estimate of drug-likeness (QED) is 0.746. The maximum absolute atomic E-state index is 12.2. The smallest absolute Gasteiger partial charge is 0.248 e. The fraction of sp³-hybridized carbons (Fsp3) is 0.429. The van der Waals surface area contributed by atoms with E-state index in [-0.39, 0.29) is 18.3 Å². The number of carbonyl (C=O) groups is 2. The number of benzene rings is 1. The Morgan fingerprint density at radius 3 is 2.33 bits per heavy atom. The second-order valence-corrected chi connectivity index (χ2v) is 4.34. The lowest BCUT2D eigenvalue weighted by Gasteiger charge is -2.23. The molecule has 4 nitrogen and oxygen atoms in total. The number of methoxy groups -OCH3 is 1. The van der Waals surface area contributed by atoms with E-state index in [9.17, 15) is 9.59 Å². The molecule has 1 amide bonds. The summed E-state index contributed by atoms with van der Waals surface area (Å²) in [5.74, 6) is -0.271. The van der Waals surface area contributed by atoms with Crippen LogP contribution in [0.3, 0.4) is 0 Å². The third-order valence-corrected chi connectivity index (χ3v) is 2.96. The van der Waals surface area contributed by atoms with Gasteiger partial charge in [-0.25, -0.2) is 0 Å². The highest BCUT2D eigenvalue weighted by molar-refractivity contribution is 6.01. The van der Waals surface area contributed by atoms with E-state index in [2.05, 4.69) is 0 Å². The molecule has 0 aliphatic rings. The molecule has 1 rings (SSSR count). The van der Waals surface area contributed by atoms with Gasteiger partial charge in [0.25, 0.3) is 0 Å². The minimum absolute atomic E-state index is 0.0119. The van der Waals surface area contributed by atoms with Crippen molar-refractivity contribution >= 4 is 11.7 Å². The number of hydrogen-bond donors (Lipinski definition) is 0. The van der Waals surface area contributed by atoms with Crippen molar-refractivity contribution in [3.63, 3.8) is 0 Å². The summed E-state index contributed by atoms with van der Waals surface area (Å²) in [7, 11) is 3.07. The van der Waals surface area contributed by atoms with E-state index in [0.717, 1.165) is 5.56 Å². The zero-order valence-corrected chi connectivity index (χ0v) is 11.3. The Hall–Kier alpha value is -1.68. The van der Waals surface area contributed by atoms with E-state index in [1.807, 2.05) is 19.1 Å². The fourth-order valence-electron chi connectivity index (χ4n) is 1.58. The first kappa shape index (κ1) is 14.4. The van der Waals surface area contributed by atoms with Gasteiger partial charge < -0.3 is 9.64 Å². The van der Waals surface area contributed by atoms with Gasteiger partial charge in [-0.15, -0.1) is 0 Å². The SMILES string of the molecule is COCC(=O)N(C)C(C)C(=O)c1ccc(C)cc1. The molecule has 1 atom stereocenters. The maximum atomic E-state index is 12.2. The van der Waals surface area contributed by atoms with E-state index in [1.54, 1.807) is 26.1 Å². The van der Waals surface area contributed by atoms with Gasteiger partial charge in [-0.3, -0.25) is 9.59 Å². The fourth-order valence-corrected chi connectivity index (χ4v) is 1.58. The van der Waals surface area contributed by atoms with Crippen LogP contribution in [0.5, 0.6) is 0 Å². The Kier molecular flexibility index (Phi) is 5.04. The number of rotatable bonds is 5. The Balaban J connectivity index is 2.77. The topological polar surface area (TPSA) is 46.6 Å².